The maximum atomic E-state index is 12.3. The fourth-order valence-electron chi connectivity index (χ4n) is 2.68. The second kappa shape index (κ2) is 6.08. The van der Waals surface area contributed by atoms with Gasteiger partial charge >= 0.3 is 0 Å². The highest BCUT2D eigenvalue weighted by atomic mass is 16.6. The van der Waals surface area contributed by atoms with Crippen molar-refractivity contribution in [3.63, 3.8) is 0 Å². The van der Waals surface area contributed by atoms with Crippen LogP contribution in [-0.4, -0.2) is 17.9 Å². The van der Waals surface area contributed by atoms with E-state index in [1.54, 1.807) is 0 Å². The van der Waals surface area contributed by atoms with Crippen LogP contribution in [0.1, 0.15) is 17.9 Å². The third-order valence-electron chi connectivity index (χ3n) is 4.01. The van der Waals surface area contributed by atoms with Gasteiger partial charge in [-0.3, -0.25) is 14.9 Å². The van der Waals surface area contributed by atoms with Crippen molar-refractivity contribution in [1.82, 2.24) is 0 Å². The van der Waals surface area contributed by atoms with Gasteiger partial charge in [-0.25, -0.2) is 0 Å². The van der Waals surface area contributed by atoms with Gasteiger partial charge in [0.25, 0.3) is 5.69 Å². The van der Waals surface area contributed by atoms with E-state index in [0.29, 0.717) is 5.69 Å². The van der Waals surface area contributed by atoms with Gasteiger partial charge in [0.05, 0.1) is 23.8 Å². The monoisotopic (exact) mass is 312 g/mol. The van der Waals surface area contributed by atoms with Crippen LogP contribution in [0.25, 0.3) is 0 Å². The van der Waals surface area contributed by atoms with E-state index in [1.807, 2.05) is 30.3 Å². The minimum absolute atomic E-state index is 0.0719. The molecule has 0 spiro atoms. The Kier molecular flexibility index (Phi) is 3.97. The second-order valence-corrected chi connectivity index (χ2v) is 5.49. The van der Waals surface area contributed by atoms with E-state index in [9.17, 15) is 14.9 Å². The number of carbonyl (C=O) groups excluding carboxylic acids is 1. The van der Waals surface area contributed by atoms with E-state index in [4.69, 9.17) is 4.74 Å². The van der Waals surface area contributed by atoms with Gasteiger partial charge in [-0.05, 0) is 24.0 Å². The van der Waals surface area contributed by atoms with Crippen molar-refractivity contribution < 1.29 is 14.5 Å². The maximum Gasteiger partial charge on any atom is 0.273 e. The molecule has 0 aromatic heterocycles. The van der Waals surface area contributed by atoms with Gasteiger partial charge in [-0.15, -0.1) is 0 Å². The number of rotatable bonds is 5. The van der Waals surface area contributed by atoms with E-state index in [2.05, 4.69) is 5.32 Å². The standard InChI is InChI=1S/C17H16N2O4/c1-23-16-9-12(19(21)22)7-8-15(16)18-17(20)14-10-13(14)11-5-3-2-4-6-11/h2-9,13-14H,10H2,1H3,(H,18,20)/t13-,14-/m0/s1. The van der Waals surface area contributed by atoms with Crippen LogP contribution in [0.4, 0.5) is 11.4 Å². The highest BCUT2D eigenvalue weighted by Crippen LogP contribution is 2.48. The number of amides is 1. The Bertz CT molecular complexity index is 746. The van der Waals surface area contributed by atoms with Crippen molar-refractivity contribution in [2.75, 3.05) is 12.4 Å². The van der Waals surface area contributed by atoms with Gasteiger partial charge < -0.3 is 10.1 Å². The van der Waals surface area contributed by atoms with Crippen LogP contribution in [0.15, 0.2) is 48.5 Å². The number of anilines is 1. The minimum atomic E-state index is -0.500. The first-order valence-electron chi connectivity index (χ1n) is 7.28. The molecule has 0 heterocycles. The molecule has 0 radical (unpaired) electrons. The molecule has 2 aromatic rings. The molecule has 3 rings (SSSR count). The molecule has 23 heavy (non-hydrogen) atoms. The Morgan fingerprint density at radius 2 is 2.00 bits per heavy atom. The summed E-state index contributed by atoms with van der Waals surface area (Å²) in [4.78, 5) is 22.6. The lowest BCUT2D eigenvalue weighted by molar-refractivity contribution is -0.384. The van der Waals surface area contributed by atoms with E-state index in [1.165, 1.54) is 25.3 Å². The zero-order valence-electron chi connectivity index (χ0n) is 12.6. The molecule has 2 aromatic carbocycles. The molecule has 0 aliphatic heterocycles. The Morgan fingerprint density at radius 3 is 2.65 bits per heavy atom. The first-order valence-corrected chi connectivity index (χ1v) is 7.28. The molecule has 0 bridgehead atoms. The predicted molar refractivity (Wildman–Crippen MR) is 85.6 cm³/mol. The first-order chi connectivity index (χ1) is 11.1. The molecule has 1 aliphatic rings. The molecule has 1 saturated carbocycles. The van der Waals surface area contributed by atoms with Gasteiger partial charge in [-0.2, -0.15) is 0 Å². The van der Waals surface area contributed by atoms with Crippen molar-refractivity contribution in [2.45, 2.75) is 12.3 Å². The average Bonchev–Trinajstić information content (AvgIpc) is 3.36. The summed E-state index contributed by atoms with van der Waals surface area (Å²) in [5, 5.41) is 13.6. The lowest BCUT2D eigenvalue weighted by Crippen LogP contribution is -2.15. The van der Waals surface area contributed by atoms with Crippen LogP contribution in [0.3, 0.4) is 0 Å². The molecule has 6 heteroatoms. The number of hydrogen-bond donors (Lipinski definition) is 1. The summed E-state index contributed by atoms with van der Waals surface area (Å²) in [6.07, 6.45) is 0.811. The number of nitrogens with one attached hydrogen (secondary N) is 1. The topological polar surface area (TPSA) is 81.5 Å². The molecule has 0 saturated heterocycles. The van der Waals surface area contributed by atoms with Crippen molar-refractivity contribution in [1.29, 1.82) is 0 Å². The minimum Gasteiger partial charge on any atom is -0.494 e. The highest BCUT2D eigenvalue weighted by Gasteiger charge is 2.44. The number of methoxy groups -OCH3 is 1. The second-order valence-electron chi connectivity index (χ2n) is 5.49. The molecule has 0 unspecified atom stereocenters. The highest BCUT2D eigenvalue weighted by molar-refractivity contribution is 5.96. The number of hydrogen-bond acceptors (Lipinski definition) is 4. The summed E-state index contributed by atoms with van der Waals surface area (Å²) in [6, 6.07) is 14.0. The lowest BCUT2D eigenvalue weighted by atomic mass is 10.1. The fourth-order valence-corrected chi connectivity index (χ4v) is 2.68. The lowest BCUT2D eigenvalue weighted by Gasteiger charge is -2.10. The smallest absolute Gasteiger partial charge is 0.273 e. The Hall–Kier alpha value is -2.89. The number of nitro benzene ring substituents is 1. The van der Waals surface area contributed by atoms with E-state index >= 15 is 0 Å². The van der Waals surface area contributed by atoms with Crippen LogP contribution in [0, 0.1) is 16.0 Å². The number of ether oxygens (including phenoxy) is 1. The van der Waals surface area contributed by atoms with Gasteiger partial charge in [0, 0.05) is 12.0 Å². The van der Waals surface area contributed by atoms with Crippen LogP contribution in [0.5, 0.6) is 5.75 Å². The van der Waals surface area contributed by atoms with Gasteiger partial charge in [0.1, 0.15) is 5.75 Å². The van der Waals surface area contributed by atoms with Gasteiger partial charge in [0.2, 0.25) is 5.91 Å². The van der Waals surface area contributed by atoms with E-state index in [-0.39, 0.29) is 29.2 Å². The number of nitro groups is 1. The molecular formula is C17H16N2O4. The van der Waals surface area contributed by atoms with Crippen molar-refractivity contribution >= 4 is 17.3 Å². The Labute approximate surface area is 133 Å². The summed E-state index contributed by atoms with van der Waals surface area (Å²) in [6.45, 7) is 0. The van der Waals surface area contributed by atoms with Crippen LogP contribution in [0.2, 0.25) is 0 Å². The fraction of sp³-hybridized carbons (Fsp3) is 0.235. The Balaban J connectivity index is 1.71. The maximum absolute atomic E-state index is 12.3. The number of nitrogens with zero attached hydrogens (tertiary/aromatic N) is 1. The third kappa shape index (κ3) is 3.15. The molecule has 1 fully saturated rings. The van der Waals surface area contributed by atoms with Gasteiger partial charge in [0.15, 0.2) is 0 Å². The number of carbonyl (C=O) groups is 1. The zero-order chi connectivity index (χ0) is 16.4. The van der Waals surface area contributed by atoms with Crippen molar-refractivity contribution in [3.05, 3.63) is 64.2 Å². The van der Waals surface area contributed by atoms with Crippen LogP contribution >= 0.6 is 0 Å². The first kappa shape index (κ1) is 15.0. The molecule has 1 amide bonds. The molecule has 1 aliphatic carbocycles. The van der Waals surface area contributed by atoms with Crippen molar-refractivity contribution in [2.24, 2.45) is 5.92 Å². The average molecular weight is 312 g/mol. The molecular weight excluding hydrogens is 296 g/mol. The van der Waals surface area contributed by atoms with E-state index < -0.39 is 4.92 Å². The molecule has 6 nitrogen and oxygen atoms in total. The zero-order valence-corrected chi connectivity index (χ0v) is 12.6. The van der Waals surface area contributed by atoms with Crippen molar-refractivity contribution in [3.8, 4) is 5.75 Å². The summed E-state index contributed by atoms with van der Waals surface area (Å²) < 4.78 is 5.13. The molecule has 118 valence electrons. The largest absolute Gasteiger partial charge is 0.494 e. The summed E-state index contributed by atoms with van der Waals surface area (Å²) in [7, 11) is 1.42. The number of non-ortho nitro benzene ring substituents is 1. The Morgan fingerprint density at radius 1 is 1.26 bits per heavy atom. The van der Waals surface area contributed by atoms with Crippen LogP contribution in [-0.2, 0) is 4.79 Å². The van der Waals surface area contributed by atoms with Gasteiger partial charge in [-0.1, -0.05) is 30.3 Å². The predicted octanol–water partition coefficient (Wildman–Crippen LogP) is 3.35. The number of benzene rings is 2. The molecule has 1 N–H and O–H groups in total. The summed E-state index contributed by atoms with van der Waals surface area (Å²) >= 11 is 0. The molecule has 2 atom stereocenters. The van der Waals surface area contributed by atoms with Crippen LogP contribution < -0.4 is 10.1 Å². The quantitative estimate of drug-likeness (QED) is 0.678. The van der Waals surface area contributed by atoms with E-state index in [0.717, 1.165) is 12.0 Å². The SMILES string of the molecule is COc1cc([N+](=O)[O-])ccc1NC(=O)[C@H]1C[C@H]1c1ccccc1. The summed E-state index contributed by atoms with van der Waals surface area (Å²) in [5.41, 5.74) is 1.53. The summed E-state index contributed by atoms with van der Waals surface area (Å²) in [5.74, 6) is 0.355. The normalized spacial score (nSPS) is 19.0. The third-order valence-corrected chi connectivity index (χ3v) is 4.01.